The van der Waals surface area contributed by atoms with Gasteiger partial charge in [0.25, 0.3) is 17.2 Å². The largest absolute Gasteiger partial charge is 0.417 e. The number of nitriles is 1. The van der Waals surface area contributed by atoms with Gasteiger partial charge in [0.1, 0.15) is 0 Å². The van der Waals surface area contributed by atoms with Crippen LogP contribution in [0.2, 0.25) is 0 Å². The van der Waals surface area contributed by atoms with Gasteiger partial charge in [-0.15, -0.1) is 0 Å². The lowest BCUT2D eigenvalue weighted by atomic mass is 10.0. The predicted molar refractivity (Wildman–Crippen MR) is 142 cm³/mol. The Hall–Kier alpha value is -4.46. The van der Waals surface area contributed by atoms with Crippen molar-refractivity contribution < 1.29 is 26.7 Å². The van der Waals surface area contributed by atoms with Gasteiger partial charge in [0, 0.05) is 18.7 Å². The van der Waals surface area contributed by atoms with Crippen LogP contribution < -0.4 is 4.31 Å². The number of hydrogen-bond donors (Lipinski definition) is 1. The molecule has 6 nitrogen and oxygen atoms in total. The Morgan fingerprint density at radius 2 is 1.38 bits per heavy atom. The lowest BCUT2D eigenvalue weighted by molar-refractivity contribution is -0.138. The number of alkyl halides is 3. The number of halogens is 3. The van der Waals surface area contributed by atoms with Crippen molar-refractivity contribution in [1.82, 2.24) is 4.90 Å². The Morgan fingerprint density at radius 3 is 2.00 bits per heavy atom. The van der Waals surface area contributed by atoms with E-state index in [1.54, 1.807) is 79.0 Å². The second-order valence-corrected chi connectivity index (χ2v) is 9.36. The van der Waals surface area contributed by atoms with E-state index in [0.29, 0.717) is 21.0 Å². The van der Waals surface area contributed by atoms with Crippen molar-refractivity contribution in [2.24, 2.45) is 0 Å². The van der Waals surface area contributed by atoms with Crippen LogP contribution in [0.25, 0.3) is 11.1 Å². The lowest BCUT2D eigenvalue weighted by Crippen LogP contribution is -2.31. The zero-order valence-corrected chi connectivity index (χ0v) is 21.2. The molecule has 4 rings (SSSR count). The second-order valence-electron chi connectivity index (χ2n) is 8.53. The standard InChI is InChI=1S/C29H22F3N3O3S/c30-29(31,32)26-12-6-4-11-25(26)28(36)34(18-21-8-2-1-3-9-21)19-22-14-16-23(17-15-22)24-10-5-7-13-27(24)35(20-33)39(37)38/h1-17H,18-19H2,(H,37,38). The molecule has 0 spiro atoms. The van der Waals surface area contributed by atoms with Gasteiger partial charge < -0.3 is 4.90 Å². The molecular weight excluding hydrogens is 527 g/mol. The van der Waals surface area contributed by atoms with E-state index in [0.717, 1.165) is 11.6 Å². The molecule has 0 saturated carbocycles. The summed E-state index contributed by atoms with van der Waals surface area (Å²) < 4.78 is 62.8. The van der Waals surface area contributed by atoms with E-state index in [4.69, 9.17) is 0 Å². The van der Waals surface area contributed by atoms with Gasteiger partial charge in [-0.1, -0.05) is 84.9 Å². The minimum absolute atomic E-state index is 0.0345. The highest BCUT2D eigenvalue weighted by Gasteiger charge is 2.36. The summed E-state index contributed by atoms with van der Waals surface area (Å²) in [5, 5.41) is 9.32. The number of rotatable bonds is 8. The number of amides is 1. The van der Waals surface area contributed by atoms with Crippen molar-refractivity contribution in [2.45, 2.75) is 19.3 Å². The SMILES string of the molecule is N#CN(c1ccccc1-c1ccc(CN(Cc2ccccc2)C(=O)c2ccccc2C(F)(F)F)cc1)S(=O)O. The van der Waals surface area contributed by atoms with Crippen molar-refractivity contribution >= 4 is 22.9 Å². The number of hydrogen-bond acceptors (Lipinski definition) is 3. The van der Waals surface area contributed by atoms with Crippen molar-refractivity contribution in [3.05, 3.63) is 125 Å². The molecule has 198 valence electrons. The zero-order valence-electron chi connectivity index (χ0n) is 20.4. The van der Waals surface area contributed by atoms with E-state index in [9.17, 15) is 32.0 Å². The van der Waals surface area contributed by atoms with Gasteiger partial charge in [0.15, 0.2) is 6.19 Å². The monoisotopic (exact) mass is 549 g/mol. The van der Waals surface area contributed by atoms with Crippen LogP contribution in [0.4, 0.5) is 18.9 Å². The first-order valence-corrected chi connectivity index (χ1v) is 12.7. The van der Waals surface area contributed by atoms with Gasteiger partial charge in [-0.25, -0.2) is 4.21 Å². The van der Waals surface area contributed by atoms with Crippen LogP contribution in [0.5, 0.6) is 0 Å². The fraction of sp³-hybridized carbons (Fsp3) is 0.103. The molecule has 0 heterocycles. The van der Waals surface area contributed by atoms with E-state index in [1.807, 2.05) is 6.07 Å². The van der Waals surface area contributed by atoms with Gasteiger partial charge in [0.05, 0.1) is 16.8 Å². The van der Waals surface area contributed by atoms with Crippen LogP contribution in [-0.4, -0.2) is 19.6 Å². The number of para-hydroxylation sites is 1. The molecule has 1 atom stereocenters. The first kappa shape index (κ1) is 27.6. The van der Waals surface area contributed by atoms with Crippen molar-refractivity contribution in [1.29, 1.82) is 5.26 Å². The van der Waals surface area contributed by atoms with Crippen LogP contribution in [0, 0.1) is 11.5 Å². The summed E-state index contributed by atoms with van der Waals surface area (Å²) >= 11 is -2.55. The molecule has 10 heteroatoms. The van der Waals surface area contributed by atoms with Gasteiger partial charge in [0.2, 0.25) is 0 Å². The Morgan fingerprint density at radius 1 is 0.821 bits per heavy atom. The highest BCUT2D eigenvalue weighted by Crippen LogP contribution is 2.34. The van der Waals surface area contributed by atoms with Crippen LogP contribution in [-0.2, 0) is 30.5 Å². The average molecular weight is 550 g/mol. The summed E-state index contributed by atoms with van der Waals surface area (Å²) in [7, 11) is 0. The molecule has 4 aromatic carbocycles. The third-order valence-electron chi connectivity index (χ3n) is 5.97. The highest BCUT2D eigenvalue weighted by molar-refractivity contribution is 7.81. The number of benzene rings is 4. The molecule has 39 heavy (non-hydrogen) atoms. The summed E-state index contributed by atoms with van der Waals surface area (Å²) in [6, 6.07) is 27.2. The molecule has 1 unspecified atom stereocenters. The molecule has 0 saturated heterocycles. The maximum absolute atomic E-state index is 13.7. The zero-order chi connectivity index (χ0) is 28.0. The summed E-state index contributed by atoms with van der Waals surface area (Å²) in [6.07, 6.45) is -2.99. The maximum atomic E-state index is 13.7. The van der Waals surface area contributed by atoms with Crippen LogP contribution >= 0.6 is 0 Å². The van der Waals surface area contributed by atoms with E-state index in [1.165, 1.54) is 23.1 Å². The number of nitrogens with zero attached hydrogens (tertiary/aromatic N) is 3. The molecular formula is C29H22F3N3O3S. The minimum Gasteiger partial charge on any atom is -0.330 e. The Bertz CT molecular complexity index is 1520. The van der Waals surface area contributed by atoms with E-state index < -0.39 is 34.5 Å². The van der Waals surface area contributed by atoms with Gasteiger partial charge in [-0.2, -0.15) is 22.7 Å². The number of carbonyl (C=O) groups excluding carboxylic acids is 1. The first-order valence-electron chi connectivity index (χ1n) is 11.7. The van der Waals surface area contributed by atoms with Gasteiger partial charge in [-0.3, -0.25) is 9.35 Å². The summed E-state index contributed by atoms with van der Waals surface area (Å²) in [4.78, 5) is 14.8. The van der Waals surface area contributed by atoms with Gasteiger partial charge >= 0.3 is 6.18 Å². The third-order valence-corrected chi connectivity index (χ3v) is 6.57. The van der Waals surface area contributed by atoms with E-state index in [-0.39, 0.29) is 18.8 Å². The van der Waals surface area contributed by atoms with Crippen molar-refractivity contribution in [3.8, 4) is 17.3 Å². The average Bonchev–Trinajstić information content (AvgIpc) is 2.93. The van der Waals surface area contributed by atoms with E-state index >= 15 is 0 Å². The summed E-state index contributed by atoms with van der Waals surface area (Å²) in [6.45, 7) is 0.128. The smallest absolute Gasteiger partial charge is 0.330 e. The van der Waals surface area contributed by atoms with Crippen LogP contribution in [0.3, 0.4) is 0 Å². The molecule has 0 aliphatic carbocycles. The van der Waals surface area contributed by atoms with Crippen molar-refractivity contribution in [2.75, 3.05) is 4.31 Å². The molecule has 4 aromatic rings. The first-order chi connectivity index (χ1) is 18.7. The third kappa shape index (κ3) is 6.52. The topological polar surface area (TPSA) is 84.6 Å². The molecule has 1 amide bonds. The normalized spacial score (nSPS) is 11.9. The summed E-state index contributed by atoms with van der Waals surface area (Å²) in [5.74, 6) is -0.753. The molecule has 1 N–H and O–H groups in total. The molecule has 0 fully saturated rings. The van der Waals surface area contributed by atoms with E-state index in [2.05, 4.69) is 0 Å². The van der Waals surface area contributed by atoms with Gasteiger partial charge in [-0.05, 0) is 34.9 Å². The summed E-state index contributed by atoms with van der Waals surface area (Å²) in [5.41, 5.74) is 1.40. The number of carbonyl (C=O) groups is 1. The van der Waals surface area contributed by atoms with Crippen LogP contribution in [0.1, 0.15) is 27.0 Å². The Balaban J connectivity index is 1.67. The molecule has 0 aliphatic rings. The molecule has 0 bridgehead atoms. The highest BCUT2D eigenvalue weighted by atomic mass is 32.2. The predicted octanol–water partition coefficient (Wildman–Crippen LogP) is 6.64. The molecule has 0 radical (unpaired) electrons. The Kier molecular flexibility index (Phi) is 8.44. The van der Waals surface area contributed by atoms with Crippen molar-refractivity contribution in [3.63, 3.8) is 0 Å². The quantitative estimate of drug-likeness (QED) is 0.152. The fourth-order valence-corrected chi connectivity index (χ4v) is 4.57. The fourth-order valence-electron chi connectivity index (χ4n) is 4.17. The Labute approximate surface area is 226 Å². The number of anilines is 1. The molecule has 0 aliphatic heterocycles. The maximum Gasteiger partial charge on any atom is 0.417 e. The molecule has 0 aromatic heterocycles. The minimum atomic E-state index is -4.69. The lowest BCUT2D eigenvalue weighted by Gasteiger charge is -2.25. The second kappa shape index (κ2) is 11.9. The van der Waals surface area contributed by atoms with Crippen LogP contribution in [0.15, 0.2) is 103 Å².